The number of rotatable bonds is 2. The number of benzene rings is 5. The Balaban J connectivity index is 1.22. The lowest BCUT2D eigenvalue weighted by Gasteiger charge is -2.31. The first-order valence-electron chi connectivity index (χ1n) is 15.6. The summed E-state index contributed by atoms with van der Waals surface area (Å²) in [5.74, 6) is 1.85. The van der Waals surface area contributed by atoms with Crippen molar-refractivity contribution in [1.82, 2.24) is 0 Å². The summed E-state index contributed by atoms with van der Waals surface area (Å²) < 4.78 is 12.7. The van der Waals surface area contributed by atoms with Gasteiger partial charge in [-0.2, -0.15) is 0 Å². The van der Waals surface area contributed by atoms with Crippen molar-refractivity contribution >= 4 is 21.9 Å². The Hall–Kier alpha value is -4.82. The van der Waals surface area contributed by atoms with Gasteiger partial charge in [-0.25, -0.2) is 0 Å². The summed E-state index contributed by atoms with van der Waals surface area (Å²) in [6, 6.07) is 35.0. The van der Waals surface area contributed by atoms with E-state index in [0.717, 1.165) is 44.6 Å². The van der Waals surface area contributed by atoms with E-state index in [9.17, 15) is 0 Å². The van der Waals surface area contributed by atoms with Crippen LogP contribution in [0.2, 0.25) is 0 Å². The van der Waals surface area contributed by atoms with Gasteiger partial charge in [0.05, 0.1) is 0 Å². The molecule has 2 aromatic heterocycles. The first kappa shape index (κ1) is 25.7. The van der Waals surface area contributed by atoms with Crippen LogP contribution in [0.15, 0.2) is 106 Å². The van der Waals surface area contributed by atoms with Crippen LogP contribution in [-0.2, 0) is 10.8 Å². The highest BCUT2D eigenvalue weighted by molar-refractivity contribution is 5.95. The fourth-order valence-corrected chi connectivity index (χ4v) is 8.40. The number of para-hydroxylation sites is 2. The molecule has 0 atom stereocenters. The van der Waals surface area contributed by atoms with Gasteiger partial charge in [-0.05, 0) is 118 Å². The third-order valence-electron chi connectivity index (χ3n) is 10.4. The van der Waals surface area contributed by atoms with Crippen LogP contribution < -0.4 is 0 Å². The smallest absolute Gasteiger partial charge is 0.135 e. The lowest BCUT2D eigenvalue weighted by molar-refractivity contribution is 0.599. The molecule has 2 aliphatic rings. The number of aryl methyl sites for hydroxylation is 2. The fourth-order valence-electron chi connectivity index (χ4n) is 8.40. The molecule has 2 aliphatic carbocycles. The Labute approximate surface area is 258 Å². The quantitative estimate of drug-likeness (QED) is 0.207. The molecule has 0 spiro atoms. The first-order valence-corrected chi connectivity index (χ1v) is 15.6. The molecule has 0 bridgehead atoms. The molecule has 214 valence electrons. The van der Waals surface area contributed by atoms with E-state index in [-0.39, 0.29) is 10.8 Å². The van der Waals surface area contributed by atoms with E-state index in [1.54, 1.807) is 0 Å². The predicted molar refractivity (Wildman–Crippen MR) is 181 cm³/mol. The molecule has 44 heavy (non-hydrogen) atoms. The third-order valence-corrected chi connectivity index (χ3v) is 10.4. The molecule has 0 aliphatic heterocycles. The van der Waals surface area contributed by atoms with E-state index in [4.69, 9.17) is 8.83 Å². The van der Waals surface area contributed by atoms with Gasteiger partial charge in [0.25, 0.3) is 0 Å². The van der Waals surface area contributed by atoms with Crippen LogP contribution in [0, 0.1) is 13.8 Å². The van der Waals surface area contributed by atoms with Crippen molar-refractivity contribution in [2.75, 3.05) is 0 Å². The lowest BCUT2D eigenvalue weighted by Crippen LogP contribution is -2.24. The minimum atomic E-state index is -0.169. The van der Waals surface area contributed by atoms with Gasteiger partial charge in [-0.1, -0.05) is 76.2 Å². The van der Waals surface area contributed by atoms with Crippen molar-refractivity contribution in [2.24, 2.45) is 0 Å². The molecule has 0 fully saturated rings. The maximum Gasteiger partial charge on any atom is 0.135 e. The van der Waals surface area contributed by atoms with Gasteiger partial charge >= 0.3 is 0 Å². The van der Waals surface area contributed by atoms with Gasteiger partial charge in [0.2, 0.25) is 0 Å². The van der Waals surface area contributed by atoms with E-state index in [0.29, 0.717) is 0 Å². The Morgan fingerprint density at radius 3 is 1.30 bits per heavy atom. The molecule has 7 aromatic rings. The van der Waals surface area contributed by atoms with E-state index in [2.05, 4.69) is 114 Å². The largest absolute Gasteiger partial charge is 0.456 e. The number of furan rings is 2. The van der Waals surface area contributed by atoms with Crippen molar-refractivity contribution in [3.05, 3.63) is 130 Å². The predicted octanol–water partition coefficient (Wildman–Crippen LogP) is 11.7. The molecule has 0 unspecified atom stereocenters. The summed E-state index contributed by atoms with van der Waals surface area (Å²) in [5.41, 5.74) is 17.5. The maximum atomic E-state index is 6.34. The van der Waals surface area contributed by atoms with E-state index >= 15 is 0 Å². The Morgan fingerprint density at radius 2 is 0.886 bits per heavy atom. The van der Waals surface area contributed by atoms with E-state index < -0.39 is 0 Å². The van der Waals surface area contributed by atoms with Crippen molar-refractivity contribution in [3.8, 4) is 44.9 Å². The second kappa shape index (κ2) is 8.42. The molecule has 0 saturated heterocycles. The summed E-state index contributed by atoms with van der Waals surface area (Å²) in [7, 11) is 0. The molecule has 0 amide bonds. The highest BCUT2D eigenvalue weighted by Gasteiger charge is 2.46. The second-order valence-electron chi connectivity index (χ2n) is 13.9. The minimum Gasteiger partial charge on any atom is -0.456 e. The van der Waals surface area contributed by atoms with Crippen molar-refractivity contribution < 1.29 is 8.83 Å². The molecule has 2 heteroatoms. The number of hydrogen-bond donors (Lipinski definition) is 0. The van der Waals surface area contributed by atoms with Crippen LogP contribution in [0.3, 0.4) is 0 Å². The summed E-state index contributed by atoms with van der Waals surface area (Å²) in [5, 5.41) is 2.27. The molecule has 0 radical (unpaired) electrons. The molecule has 9 rings (SSSR count). The SMILES string of the molecule is Cc1cc(-c2cc3ccccc3o2)cc2c1-c1ccc3c(c1C2(C)C)C(C)(C)c1cc(-c2cc4ccccc4o2)cc(C)c1-3. The molecule has 0 saturated carbocycles. The zero-order chi connectivity index (χ0) is 30.1. The summed E-state index contributed by atoms with van der Waals surface area (Å²) in [4.78, 5) is 0. The zero-order valence-electron chi connectivity index (χ0n) is 26.1. The van der Waals surface area contributed by atoms with Gasteiger partial charge in [-0.3, -0.25) is 0 Å². The molecule has 2 heterocycles. The topological polar surface area (TPSA) is 26.3 Å². The number of fused-ring (bicyclic) bond motifs is 9. The maximum absolute atomic E-state index is 6.34. The first-order chi connectivity index (χ1) is 21.1. The zero-order valence-corrected chi connectivity index (χ0v) is 26.1. The van der Waals surface area contributed by atoms with Gasteiger partial charge in [0, 0.05) is 32.7 Å². The van der Waals surface area contributed by atoms with Gasteiger partial charge < -0.3 is 8.83 Å². The summed E-state index contributed by atoms with van der Waals surface area (Å²) in [6.45, 7) is 14.1. The Kier molecular flexibility index (Phi) is 4.91. The molecular weight excluding hydrogens is 536 g/mol. The summed E-state index contributed by atoms with van der Waals surface area (Å²) in [6.07, 6.45) is 0. The fraction of sp³-hybridized carbons (Fsp3) is 0.190. The number of hydrogen-bond acceptors (Lipinski definition) is 2. The van der Waals surface area contributed by atoms with Crippen LogP contribution >= 0.6 is 0 Å². The average molecular weight is 571 g/mol. The highest BCUT2D eigenvalue weighted by atomic mass is 16.3. The van der Waals surface area contributed by atoms with Gasteiger partial charge in [0.15, 0.2) is 0 Å². The Morgan fingerprint density at radius 1 is 0.477 bits per heavy atom. The van der Waals surface area contributed by atoms with E-state index in [1.807, 2.05) is 24.3 Å². The second-order valence-corrected chi connectivity index (χ2v) is 13.9. The van der Waals surface area contributed by atoms with Crippen molar-refractivity contribution in [2.45, 2.75) is 52.4 Å². The van der Waals surface area contributed by atoms with Crippen LogP contribution in [0.5, 0.6) is 0 Å². The Bertz CT molecular complexity index is 2120. The monoisotopic (exact) mass is 570 g/mol. The molecular formula is C42H34O2. The molecule has 0 N–H and O–H groups in total. The minimum absolute atomic E-state index is 0.169. The van der Waals surface area contributed by atoms with Gasteiger partial charge in [-0.15, -0.1) is 0 Å². The van der Waals surface area contributed by atoms with Crippen LogP contribution in [0.25, 0.3) is 66.8 Å². The van der Waals surface area contributed by atoms with Crippen molar-refractivity contribution in [1.29, 1.82) is 0 Å². The third kappa shape index (κ3) is 3.26. The van der Waals surface area contributed by atoms with Crippen LogP contribution in [-0.4, -0.2) is 0 Å². The summed E-state index contributed by atoms with van der Waals surface area (Å²) >= 11 is 0. The lowest BCUT2D eigenvalue weighted by atomic mass is 9.72. The van der Waals surface area contributed by atoms with Crippen LogP contribution in [0.1, 0.15) is 61.1 Å². The average Bonchev–Trinajstić information content (AvgIpc) is 3.73. The van der Waals surface area contributed by atoms with Crippen molar-refractivity contribution in [3.63, 3.8) is 0 Å². The molecule has 2 nitrogen and oxygen atoms in total. The normalized spacial score (nSPS) is 15.4. The van der Waals surface area contributed by atoms with E-state index in [1.165, 1.54) is 55.6 Å². The highest BCUT2D eigenvalue weighted by Crippen LogP contribution is 2.60. The molecule has 5 aromatic carbocycles. The standard InChI is InChI=1S/C42H34O2/c1-23-17-27(35-21-25-11-7-9-13-33(25)43-35)19-31-37(23)29-15-16-30-38-24(2)18-28(36-22-26-12-8-10-14-34(26)44-36)20-32(38)42(5,6)40(30)39(29)41(31,3)4/h7-22H,1-6H3. The van der Waals surface area contributed by atoms with Gasteiger partial charge in [0.1, 0.15) is 22.7 Å². The van der Waals surface area contributed by atoms with Crippen LogP contribution in [0.4, 0.5) is 0 Å².